The van der Waals surface area contributed by atoms with E-state index >= 15 is 0 Å². The van der Waals surface area contributed by atoms with E-state index in [0.29, 0.717) is 18.2 Å². The maximum Gasteiger partial charge on any atom is 0.337 e. The summed E-state index contributed by atoms with van der Waals surface area (Å²) in [6, 6.07) is 14.5. The fraction of sp³-hybridized carbons (Fsp3) is 0.458. The molecule has 1 atom stereocenters. The van der Waals surface area contributed by atoms with Gasteiger partial charge in [0, 0.05) is 12.6 Å². The molecule has 4 nitrogen and oxygen atoms in total. The van der Waals surface area contributed by atoms with E-state index in [2.05, 4.69) is 23.5 Å². The Hall–Kier alpha value is -2.33. The maximum absolute atomic E-state index is 11.5. The molecule has 0 saturated heterocycles. The number of benzene rings is 2. The topological polar surface area (TPSA) is 47.6 Å². The Labute approximate surface area is 167 Å². The first-order chi connectivity index (χ1) is 13.7. The highest BCUT2D eigenvalue weighted by Gasteiger charge is 2.26. The Balaban J connectivity index is 1.36. The summed E-state index contributed by atoms with van der Waals surface area (Å²) in [5.41, 5.74) is 4.40. The molecule has 4 heteroatoms. The van der Waals surface area contributed by atoms with Gasteiger partial charge in [0.2, 0.25) is 0 Å². The van der Waals surface area contributed by atoms with Gasteiger partial charge in [-0.1, -0.05) is 31.0 Å². The molecule has 2 aliphatic rings. The number of methoxy groups -OCH3 is 1. The molecule has 1 heterocycles. The molecule has 2 aromatic rings. The molecule has 0 bridgehead atoms. The molecule has 1 unspecified atom stereocenters. The Morgan fingerprint density at radius 2 is 1.82 bits per heavy atom. The zero-order valence-corrected chi connectivity index (χ0v) is 16.6. The lowest BCUT2D eigenvalue weighted by Crippen LogP contribution is -2.33. The normalized spacial score (nSPS) is 19.7. The summed E-state index contributed by atoms with van der Waals surface area (Å²) in [5, 5.41) is 3.80. The van der Waals surface area contributed by atoms with Gasteiger partial charge in [-0.3, -0.25) is 0 Å². The van der Waals surface area contributed by atoms with Gasteiger partial charge in [-0.2, -0.15) is 0 Å². The second-order valence-corrected chi connectivity index (χ2v) is 7.98. The zero-order chi connectivity index (χ0) is 19.3. The van der Waals surface area contributed by atoms with Crippen LogP contribution in [-0.2, 0) is 24.3 Å². The molecular formula is C24H29NO3. The summed E-state index contributed by atoms with van der Waals surface area (Å²) >= 11 is 0. The second-order valence-electron chi connectivity index (χ2n) is 7.98. The maximum atomic E-state index is 11.5. The van der Waals surface area contributed by atoms with E-state index in [0.717, 1.165) is 30.2 Å². The number of hydrogen-bond donors (Lipinski definition) is 1. The van der Waals surface area contributed by atoms with Crippen molar-refractivity contribution in [1.82, 2.24) is 5.32 Å². The van der Waals surface area contributed by atoms with Crippen molar-refractivity contribution in [1.29, 1.82) is 0 Å². The molecule has 1 saturated carbocycles. The minimum atomic E-state index is -0.317. The number of aryl methyl sites for hydroxylation is 1. The highest BCUT2D eigenvalue weighted by atomic mass is 16.5. The van der Waals surface area contributed by atoms with E-state index in [-0.39, 0.29) is 5.97 Å². The van der Waals surface area contributed by atoms with E-state index in [9.17, 15) is 4.79 Å². The quantitative estimate of drug-likeness (QED) is 0.769. The van der Waals surface area contributed by atoms with Crippen molar-refractivity contribution in [2.24, 2.45) is 5.92 Å². The molecule has 1 N–H and O–H groups in total. The third-order valence-corrected chi connectivity index (χ3v) is 6.21. The summed E-state index contributed by atoms with van der Waals surface area (Å²) < 4.78 is 10.7. The molecule has 0 spiro atoms. The number of ether oxygens (including phenoxy) is 2. The van der Waals surface area contributed by atoms with Crippen molar-refractivity contribution in [3.05, 3.63) is 64.7 Å². The number of rotatable bonds is 5. The summed E-state index contributed by atoms with van der Waals surface area (Å²) in [4.78, 5) is 11.5. The first-order valence-electron chi connectivity index (χ1n) is 10.4. The number of fused-ring (bicyclic) bond motifs is 1. The van der Waals surface area contributed by atoms with Crippen LogP contribution < -0.4 is 10.1 Å². The standard InChI is InChI=1S/C24H29NO3/c1-27-24(26)19-8-6-17(7-9-19)16-28-22-12-10-21-15-25-23(13-11-20(21)14-22)18-4-2-3-5-18/h6-10,12,14,18,23,25H,2-5,11,13,15-16H2,1H3. The highest BCUT2D eigenvalue weighted by Crippen LogP contribution is 2.32. The van der Waals surface area contributed by atoms with Crippen LogP contribution in [0.25, 0.3) is 0 Å². The Kier molecular flexibility index (Phi) is 5.96. The molecule has 0 radical (unpaired) electrons. The molecule has 4 rings (SSSR count). The van der Waals surface area contributed by atoms with Crippen LogP contribution in [0, 0.1) is 5.92 Å². The van der Waals surface area contributed by atoms with Gasteiger partial charge in [-0.05, 0) is 72.6 Å². The highest BCUT2D eigenvalue weighted by molar-refractivity contribution is 5.89. The van der Waals surface area contributed by atoms with Crippen LogP contribution in [0.4, 0.5) is 0 Å². The molecule has 0 aromatic heterocycles. The second kappa shape index (κ2) is 8.78. The molecule has 2 aromatic carbocycles. The van der Waals surface area contributed by atoms with Crippen LogP contribution in [0.5, 0.6) is 5.75 Å². The lowest BCUT2D eigenvalue weighted by molar-refractivity contribution is 0.0600. The van der Waals surface area contributed by atoms with E-state index in [1.165, 1.54) is 50.3 Å². The molecule has 1 aliphatic heterocycles. The molecule has 1 fully saturated rings. The van der Waals surface area contributed by atoms with Gasteiger partial charge >= 0.3 is 5.97 Å². The van der Waals surface area contributed by atoms with Gasteiger partial charge in [0.15, 0.2) is 0 Å². The van der Waals surface area contributed by atoms with Crippen molar-refractivity contribution in [2.45, 2.75) is 57.7 Å². The van der Waals surface area contributed by atoms with Crippen LogP contribution in [0.2, 0.25) is 0 Å². The number of carbonyl (C=O) groups is 1. The molecule has 0 amide bonds. The first-order valence-corrected chi connectivity index (χ1v) is 10.4. The van der Waals surface area contributed by atoms with Gasteiger partial charge in [0.05, 0.1) is 12.7 Å². The van der Waals surface area contributed by atoms with Crippen LogP contribution in [-0.4, -0.2) is 19.1 Å². The smallest absolute Gasteiger partial charge is 0.337 e. The van der Waals surface area contributed by atoms with Crippen LogP contribution in [0.15, 0.2) is 42.5 Å². The average Bonchev–Trinajstić information content (AvgIpc) is 3.19. The summed E-state index contributed by atoms with van der Waals surface area (Å²) in [6.07, 6.45) is 7.90. The molecule has 148 valence electrons. The van der Waals surface area contributed by atoms with E-state index in [4.69, 9.17) is 9.47 Å². The van der Waals surface area contributed by atoms with Crippen molar-refractivity contribution in [2.75, 3.05) is 7.11 Å². The van der Waals surface area contributed by atoms with Crippen LogP contribution in [0.3, 0.4) is 0 Å². The molecule has 28 heavy (non-hydrogen) atoms. The largest absolute Gasteiger partial charge is 0.489 e. The number of carbonyl (C=O) groups excluding carboxylic acids is 1. The SMILES string of the molecule is COC(=O)c1ccc(COc2ccc3c(c2)CCC(C2CCCC2)NC3)cc1. The molecule has 1 aliphatic carbocycles. The van der Waals surface area contributed by atoms with Gasteiger partial charge < -0.3 is 14.8 Å². The lowest BCUT2D eigenvalue weighted by Gasteiger charge is -2.22. The van der Waals surface area contributed by atoms with E-state index in [1.807, 2.05) is 12.1 Å². The fourth-order valence-corrected chi connectivity index (χ4v) is 4.54. The lowest BCUT2D eigenvalue weighted by atomic mass is 9.93. The monoisotopic (exact) mass is 379 g/mol. The van der Waals surface area contributed by atoms with E-state index < -0.39 is 0 Å². The van der Waals surface area contributed by atoms with Gasteiger partial charge in [-0.25, -0.2) is 4.79 Å². The summed E-state index contributed by atoms with van der Waals surface area (Å²) in [7, 11) is 1.39. The third-order valence-electron chi connectivity index (χ3n) is 6.21. The number of esters is 1. The zero-order valence-electron chi connectivity index (χ0n) is 16.6. The third kappa shape index (κ3) is 4.39. The summed E-state index contributed by atoms with van der Waals surface area (Å²) in [5.74, 6) is 1.45. The molecular weight excluding hydrogens is 350 g/mol. The van der Waals surface area contributed by atoms with Gasteiger partial charge in [0.1, 0.15) is 12.4 Å². The number of nitrogens with one attached hydrogen (secondary N) is 1. The van der Waals surface area contributed by atoms with Crippen LogP contribution >= 0.6 is 0 Å². The van der Waals surface area contributed by atoms with Crippen molar-refractivity contribution < 1.29 is 14.3 Å². The minimum Gasteiger partial charge on any atom is -0.489 e. The Morgan fingerprint density at radius 1 is 1.04 bits per heavy atom. The van der Waals surface area contributed by atoms with Crippen molar-refractivity contribution in [3.8, 4) is 5.75 Å². The van der Waals surface area contributed by atoms with E-state index in [1.54, 1.807) is 12.1 Å². The van der Waals surface area contributed by atoms with Gasteiger partial charge in [0.25, 0.3) is 0 Å². The average molecular weight is 380 g/mol. The summed E-state index contributed by atoms with van der Waals surface area (Å²) in [6.45, 7) is 1.45. The first kappa shape index (κ1) is 19.0. The number of hydrogen-bond acceptors (Lipinski definition) is 4. The van der Waals surface area contributed by atoms with Crippen LogP contribution in [0.1, 0.15) is 59.2 Å². The predicted molar refractivity (Wildman–Crippen MR) is 109 cm³/mol. The van der Waals surface area contributed by atoms with Gasteiger partial charge in [-0.15, -0.1) is 0 Å². The predicted octanol–water partition coefficient (Wildman–Crippen LogP) is 4.65. The Bertz CT molecular complexity index is 809. The van der Waals surface area contributed by atoms with Crippen molar-refractivity contribution in [3.63, 3.8) is 0 Å². The fourth-order valence-electron chi connectivity index (χ4n) is 4.54. The van der Waals surface area contributed by atoms with Crippen molar-refractivity contribution >= 4 is 5.97 Å². The minimum absolute atomic E-state index is 0.317. The Morgan fingerprint density at radius 3 is 2.57 bits per heavy atom.